The normalized spacial score (nSPS) is 16.8. The van der Waals surface area contributed by atoms with Crippen molar-refractivity contribution in [1.29, 1.82) is 5.26 Å². The topological polar surface area (TPSA) is 52.9 Å². The van der Waals surface area contributed by atoms with Crippen LogP contribution in [0.15, 0.2) is 24.3 Å². The smallest absolute Gasteiger partial charge is 0.220 e. The highest BCUT2D eigenvalue weighted by Crippen LogP contribution is 2.27. The van der Waals surface area contributed by atoms with Gasteiger partial charge in [0.1, 0.15) is 0 Å². The number of hydrogen-bond donors (Lipinski definition) is 1. The van der Waals surface area contributed by atoms with E-state index >= 15 is 0 Å². The largest absolute Gasteiger partial charge is 0.350 e. The highest BCUT2D eigenvalue weighted by Gasteiger charge is 2.19. The molecule has 1 amide bonds. The third kappa shape index (κ3) is 3.82. The van der Waals surface area contributed by atoms with Crippen LogP contribution in [0.4, 0.5) is 0 Å². The Hall–Kier alpha value is -1.82. The fourth-order valence-electron chi connectivity index (χ4n) is 2.71. The molecule has 2 rings (SSSR count). The van der Waals surface area contributed by atoms with Crippen molar-refractivity contribution in [3.8, 4) is 6.07 Å². The first kappa shape index (κ1) is 13.6. The van der Waals surface area contributed by atoms with Crippen LogP contribution < -0.4 is 5.32 Å². The van der Waals surface area contributed by atoms with E-state index in [1.165, 1.54) is 25.7 Å². The van der Waals surface area contributed by atoms with Gasteiger partial charge >= 0.3 is 0 Å². The Labute approximate surface area is 114 Å². The Balaban J connectivity index is 1.86. The zero-order chi connectivity index (χ0) is 13.7. The van der Waals surface area contributed by atoms with E-state index in [1.807, 2.05) is 19.1 Å². The Kier molecular flexibility index (Phi) is 4.57. The number of nitrogens with zero attached hydrogens (tertiary/aromatic N) is 1. The maximum Gasteiger partial charge on any atom is 0.220 e. The Morgan fingerprint density at radius 2 is 2.00 bits per heavy atom. The molecule has 1 saturated carbocycles. The summed E-state index contributed by atoms with van der Waals surface area (Å²) >= 11 is 0. The molecular weight excluding hydrogens is 236 g/mol. The van der Waals surface area contributed by atoms with E-state index in [1.54, 1.807) is 12.1 Å². The van der Waals surface area contributed by atoms with Crippen molar-refractivity contribution in [3.63, 3.8) is 0 Å². The summed E-state index contributed by atoms with van der Waals surface area (Å²) < 4.78 is 0. The van der Waals surface area contributed by atoms with Crippen LogP contribution in [0.1, 0.15) is 56.2 Å². The first-order valence-electron chi connectivity index (χ1n) is 6.98. The summed E-state index contributed by atoms with van der Waals surface area (Å²) in [4.78, 5) is 11.9. The van der Waals surface area contributed by atoms with Gasteiger partial charge < -0.3 is 5.32 Å². The summed E-state index contributed by atoms with van der Waals surface area (Å²) in [5, 5.41) is 11.8. The van der Waals surface area contributed by atoms with Crippen molar-refractivity contribution in [3.05, 3.63) is 35.4 Å². The molecule has 1 atom stereocenters. The van der Waals surface area contributed by atoms with Gasteiger partial charge in [-0.05, 0) is 43.4 Å². The third-order valence-electron chi connectivity index (χ3n) is 3.87. The molecule has 19 heavy (non-hydrogen) atoms. The van der Waals surface area contributed by atoms with E-state index in [0.29, 0.717) is 17.9 Å². The summed E-state index contributed by atoms with van der Waals surface area (Å²) in [7, 11) is 0. The molecule has 1 aliphatic carbocycles. The number of rotatable bonds is 4. The van der Waals surface area contributed by atoms with Crippen molar-refractivity contribution in [2.24, 2.45) is 5.92 Å². The molecule has 0 aliphatic heterocycles. The molecular formula is C16H20N2O. The van der Waals surface area contributed by atoms with Gasteiger partial charge in [0.15, 0.2) is 0 Å². The molecule has 0 heterocycles. The fourth-order valence-corrected chi connectivity index (χ4v) is 2.71. The highest BCUT2D eigenvalue weighted by molar-refractivity contribution is 5.76. The molecule has 3 nitrogen and oxygen atoms in total. The van der Waals surface area contributed by atoms with Crippen LogP contribution in [0.3, 0.4) is 0 Å². The van der Waals surface area contributed by atoms with Crippen molar-refractivity contribution in [2.45, 2.75) is 45.1 Å². The molecule has 0 radical (unpaired) electrons. The zero-order valence-corrected chi connectivity index (χ0v) is 11.4. The van der Waals surface area contributed by atoms with Crippen LogP contribution in [0, 0.1) is 17.2 Å². The lowest BCUT2D eigenvalue weighted by atomic mass is 10.0. The van der Waals surface area contributed by atoms with Crippen LogP contribution in [-0.2, 0) is 4.79 Å². The molecule has 3 heteroatoms. The Bertz CT molecular complexity index is 467. The summed E-state index contributed by atoms with van der Waals surface area (Å²) in [6, 6.07) is 9.47. The summed E-state index contributed by atoms with van der Waals surface area (Å²) in [5.41, 5.74) is 1.69. The minimum Gasteiger partial charge on any atom is -0.350 e. The lowest BCUT2D eigenvalue weighted by molar-refractivity contribution is -0.122. The second-order valence-electron chi connectivity index (χ2n) is 5.38. The molecule has 0 spiro atoms. The number of carbonyl (C=O) groups is 1. The number of nitriles is 1. The average molecular weight is 256 g/mol. The molecule has 1 unspecified atom stereocenters. The molecule has 1 aliphatic rings. The number of carbonyl (C=O) groups excluding carboxylic acids is 1. The van der Waals surface area contributed by atoms with Gasteiger partial charge in [-0.25, -0.2) is 0 Å². The summed E-state index contributed by atoms with van der Waals surface area (Å²) in [6.07, 6.45) is 5.57. The minimum atomic E-state index is 0.00152. The number of benzene rings is 1. The second kappa shape index (κ2) is 6.38. The number of hydrogen-bond acceptors (Lipinski definition) is 2. The van der Waals surface area contributed by atoms with Crippen molar-refractivity contribution in [1.82, 2.24) is 5.32 Å². The summed E-state index contributed by atoms with van der Waals surface area (Å²) in [5.74, 6) is 0.719. The quantitative estimate of drug-likeness (QED) is 0.898. The predicted molar refractivity (Wildman–Crippen MR) is 74.3 cm³/mol. The van der Waals surface area contributed by atoms with Gasteiger partial charge in [0, 0.05) is 6.42 Å². The zero-order valence-electron chi connectivity index (χ0n) is 11.4. The van der Waals surface area contributed by atoms with Crippen LogP contribution in [0.2, 0.25) is 0 Å². The molecule has 1 aromatic carbocycles. The Morgan fingerprint density at radius 1 is 1.37 bits per heavy atom. The minimum absolute atomic E-state index is 0.00152. The second-order valence-corrected chi connectivity index (χ2v) is 5.38. The first-order chi connectivity index (χ1) is 9.19. The lowest BCUT2D eigenvalue weighted by Gasteiger charge is -2.16. The molecule has 100 valence electrons. The predicted octanol–water partition coefficient (Wildman–Crippen LogP) is 3.32. The van der Waals surface area contributed by atoms with E-state index in [-0.39, 0.29) is 11.9 Å². The highest BCUT2D eigenvalue weighted by atomic mass is 16.1. The van der Waals surface area contributed by atoms with Gasteiger partial charge in [-0.2, -0.15) is 5.26 Å². The van der Waals surface area contributed by atoms with Gasteiger partial charge in [-0.1, -0.05) is 25.0 Å². The van der Waals surface area contributed by atoms with Gasteiger partial charge in [0.2, 0.25) is 5.91 Å². The van der Waals surface area contributed by atoms with Crippen molar-refractivity contribution < 1.29 is 4.79 Å². The Morgan fingerprint density at radius 3 is 2.58 bits per heavy atom. The van der Waals surface area contributed by atoms with Crippen molar-refractivity contribution >= 4 is 5.91 Å². The van der Waals surface area contributed by atoms with Gasteiger partial charge in [-0.3, -0.25) is 4.79 Å². The van der Waals surface area contributed by atoms with E-state index in [0.717, 1.165) is 5.56 Å². The number of amides is 1. The van der Waals surface area contributed by atoms with E-state index in [2.05, 4.69) is 11.4 Å². The maximum atomic E-state index is 11.9. The molecule has 0 aromatic heterocycles. The standard InChI is InChI=1S/C16H20N2O/c1-12(15-8-6-14(11-17)7-9-15)18-16(19)10-13-4-2-3-5-13/h6-9,12-13H,2-5,10H2,1H3,(H,18,19). The van der Waals surface area contributed by atoms with Crippen molar-refractivity contribution in [2.75, 3.05) is 0 Å². The van der Waals surface area contributed by atoms with Gasteiger partial charge in [-0.15, -0.1) is 0 Å². The fraction of sp³-hybridized carbons (Fsp3) is 0.500. The molecule has 0 saturated heterocycles. The molecule has 1 aromatic rings. The van der Waals surface area contributed by atoms with E-state index < -0.39 is 0 Å². The van der Waals surface area contributed by atoms with E-state index in [4.69, 9.17) is 5.26 Å². The van der Waals surface area contributed by atoms with Crippen LogP contribution in [0.25, 0.3) is 0 Å². The average Bonchev–Trinajstić information content (AvgIpc) is 2.91. The lowest BCUT2D eigenvalue weighted by Crippen LogP contribution is -2.27. The van der Waals surface area contributed by atoms with Crippen LogP contribution in [0.5, 0.6) is 0 Å². The molecule has 1 N–H and O–H groups in total. The third-order valence-corrected chi connectivity index (χ3v) is 3.87. The van der Waals surface area contributed by atoms with Crippen LogP contribution in [-0.4, -0.2) is 5.91 Å². The SMILES string of the molecule is CC(NC(=O)CC1CCCC1)c1ccc(C#N)cc1. The monoisotopic (exact) mass is 256 g/mol. The van der Waals surface area contributed by atoms with Gasteiger partial charge in [0.05, 0.1) is 17.7 Å². The maximum absolute atomic E-state index is 11.9. The molecule has 0 bridgehead atoms. The molecule has 1 fully saturated rings. The van der Waals surface area contributed by atoms with Crippen LogP contribution >= 0.6 is 0 Å². The summed E-state index contributed by atoms with van der Waals surface area (Å²) in [6.45, 7) is 1.98. The van der Waals surface area contributed by atoms with E-state index in [9.17, 15) is 4.79 Å². The first-order valence-corrected chi connectivity index (χ1v) is 6.98. The van der Waals surface area contributed by atoms with Gasteiger partial charge in [0.25, 0.3) is 0 Å². The number of nitrogens with one attached hydrogen (secondary N) is 1.